The third-order valence-corrected chi connectivity index (χ3v) is 7.83. The summed E-state index contributed by atoms with van der Waals surface area (Å²) in [4.78, 5) is 37.3. The zero-order valence-corrected chi connectivity index (χ0v) is 20.4. The fraction of sp³-hybridized carbons (Fsp3) is 0.464. The minimum atomic E-state index is -1.25. The number of alkyl carbamates (subject to hydrolysis) is 1. The van der Waals surface area contributed by atoms with Gasteiger partial charge >= 0.3 is 12.1 Å². The van der Waals surface area contributed by atoms with Crippen molar-refractivity contribution in [2.24, 2.45) is 11.8 Å². The lowest BCUT2D eigenvalue weighted by molar-refractivity contribution is -0.149. The van der Waals surface area contributed by atoms with Crippen LogP contribution in [0.25, 0.3) is 11.1 Å². The van der Waals surface area contributed by atoms with Crippen LogP contribution in [0.1, 0.15) is 63.0 Å². The molecule has 4 rings (SSSR count). The summed E-state index contributed by atoms with van der Waals surface area (Å²) in [7, 11) is 0. The van der Waals surface area contributed by atoms with Crippen molar-refractivity contribution in [1.82, 2.24) is 10.6 Å². The number of nitrogens with one attached hydrogen (secondary N) is 2. The molecule has 2 aromatic rings. The number of benzene rings is 2. The molecule has 1 saturated carbocycles. The van der Waals surface area contributed by atoms with E-state index in [0.29, 0.717) is 25.8 Å². The van der Waals surface area contributed by atoms with Crippen molar-refractivity contribution in [3.8, 4) is 11.1 Å². The molecule has 35 heavy (non-hydrogen) atoms. The van der Waals surface area contributed by atoms with E-state index in [1.165, 1.54) is 11.1 Å². The summed E-state index contributed by atoms with van der Waals surface area (Å²) in [6.07, 6.45) is 2.50. The van der Waals surface area contributed by atoms with Gasteiger partial charge in [-0.1, -0.05) is 68.8 Å². The maximum atomic E-state index is 13.0. The van der Waals surface area contributed by atoms with Crippen LogP contribution in [0, 0.1) is 11.8 Å². The highest BCUT2D eigenvalue weighted by Gasteiger charge is 2.41. The SMILES string of the molecule is CCC(CC)(NC(=O)[C@@H]1CCC[C@@H]1CNC(=O)OCC1c2ccccc2-c2ccccc21)C(=O)O. The van der Waals surface area contributed by atoms with Gasteiger partial charge in [0.1, 0.15) is 12.1 Å². The number of hydrogen-bond acceptors (Lipinski definition) is 4. The van der Waals surface area contributed by atoms with Gasteiger partial charge in [0.2, 0.25) is 5.91 Å². The minimum absolute atomic E-state index is 0.00890. The van der Waals surface area contributed by atoms with Crippen LogP contribution in [0.15, 0.2) is 48.5 Å². The van der Waals surface area contributed by atoms with E-state index in [1.54, 1.807) is 13.8 Å². The third kappa shape index (κ3) is 4.90. The van der Waals surface area contributed by atoms with Crippen LogP contribution in [0.3, 0.4) is 0 Å². The van der Waals surface area contributed by atoms with Gasteiger partial charge in [-0.2, -0.15) is 0 Å². The molecule has 0 saturated heterocycles. The van der Waals surface area contributed by atoms with E-state index in [2.05, 4.69) is 34.9 Å². The third-order valence-electron chi connectivity index (χ3n) is 7.83. The quantitative estimate of drug-likeness (QED) is 0.485. The second-order valence-electron chi connectivity index (χ2n) is 9.59. The first-order valence-electron chi connectivity index (χ1n) is 12.5. The van der Waals surface area contributed by atoms with Crippen LogP contribution in [-0.2, 0) is 14.3 Å². The molecular weight excluding hydrogens is 444 g/mol. The number of fused-ring (bicyclic) bond motifs is 3. The minimum Gasteiger partial charge on any atom is -0.480 e. The average Bonchev–Trinajstić information content (AvgIpc) is 3.47. The van der Waals surface area contributed by atoms with Crippen molar-refractivity contribution in [3.05, 3.63) is 59.7 Å². The summed E-state index contributed by atoms with van der Waals surface area (Å²) in [6, 6.07) is 16.4. The summed E-state index contributed by atoms with van der Waals surface area (Å²) < 4.78 is 5.61. The van der Waals surface area contributed by atoms with E-state index < -0.39 is 17.6 Å². The zero-order chi connectivity index (χ0) is 25.0. The first-order valence-corrected chi connectivity index (χ1v) is 12.5. The molecule has 2 aliphatic rings. The molecule has 2 amide bonds. The number of amides is 2. The molecule has 186 valence electrons. The first kappa shape index (κ1) is 24.8. The highest BCUT2D eigenvalue weighted by molar-refractivity contribution is 5.88. The zero-order valence-electron chi connectivity index (χ0n) is 20.4. The molecule has 2 atom stereocenters. The van der Waals surface area contributed by atoms with Gasteiger partial charge in [-0.15, -0.1) is 0 Å². The van der Waals surface area contributed by atoms with Crippen molar-refractivity contribution in [1.29, 1.82) is 0 Å². The first-order chi connectivity index (χ1) is 16.9. The number of carbonyl (C=O) groups is 3. The predicted octanol–water partition coefficient (Wildman–Crippen LogP) is 4.70. The standard InChI is InChI=1S/C28H34N2O5/c1-3-28(4-2,26(32)33)30-25(31)19-15-9-10-18(19)16-29-27(34)35-17-24-22-13-7-5-11-20(22)21-12-6-8-14-23(21)24/h5-8,11-14,18-19,24H,3-4,9-10,15-17H2,1-2H3,(H,29,34)(H,30,31)(H,32,33)/t18-,19-/m1/s1. The van der Waals surface area contributed by atoms with Gasteiger partial charge in [-0.05, 0) is 53.9 Å². The van der Waals surface area contributed by atoms with Gasteiger partial charge in [0.25, 0.3) is 0 Å². The number of ether oxygens (including phenoxy) is 1. The molecule has 7 heteroatoms. The molecular formula is C28H34N2O5. The summed E-state index contributed by atoms with van der Waals surface area (Å²) in [5.41, 5.74) is 3.41. The topological polar surface area (TPSA) is 105 Å². The molecule has 0 aliphatic heterocycles. The number of aliphatic carboxylic acids is 1. The maximum absolute atomic E-state index is 13.0. The Morgan fingerprint density at radius 2 is 1.57 bits per heavy atom. The molecule has 0 radical (unpaired) electrons. The van der Waals surface area contributed by atoms with Crippen molar-refractivity contribution < 1.29 is 24.2 Å². The van der Waals surface area contributed by atoms with Crippen molar-refractivity contribution >= 4 is 18.0 Å². The summed E-state index contributed by atoms with van der Waals surface area (Å²) in [6.45, 7) is 4.10. The Balaban J connectivity index is 1.33. The molecule has 0 bridgehead atoms. The van der Waals surface area contributed by atoms with Gasteiger partial charge in [-0.25, -0.2) is 9.59 Å². The van der Waals surface area contributed by atoms with Crippen molar-refractivity contribution in [2.45, 2.75) is 57.4 Å². The fourth-order valence-corrected chi connectivity index (χ4v) is 5.60. The van der Waals surface area contributed by atoms with Gasteiger partial charge in [0.05, 0.1) is 0 Å². The van der Waals surface area contributed by atoms with Crippen LogP contribution in [-0.4, -0.2) is 41.8 Å². The summed E-state index contributed by atoms with van der Waals surface area (Å²) in [5.74, 6) is -1.63. The molecule has 0 heterocycles. The maximum Gasteiger partial charge on any atom is 0.407 e. The smallest absolute Gasteiger partial charge is 0.407 e. The van der Waals surface area contributed by atoms with E-state index in [-0.39, 0.29) is 30.3 Å². The van der Waals surface area contributed by atoms with Crippen LogP contribution in [0.2, 0.25) is 0 Å². The van der Waals surface area contributed by atoms with Crippen LogP contribution in [0.4, 0.5) is 4.79 Å². The largest absolute Gasteiger partial charge is 0.480 e. The van der Waals surface area contributed by atoms with E-state index >= 15 is 0 Å². The normalized spacial score (nSPS) is 19.0. The molecule has 2 aromatic carbocycles. The lowest BCUT2D eigenvalue weighted by Crippen LogP contribution is -2.55. The van der Waals surface area contributed by atoms with Gasteiger partial charge in [0.15, 0.2) is 0 Å². The van der Waals surface area contributed by atoms with Crippen LogP contribution < -0.4 is 10.6 Å². The lowest BCUT2D eigenvalue weighted by atomic mass is 9.89. The number of hydrogen-bond donors (Lipinski definition) is 3. The molecule has 0 aromatic heterocycles. The number of rotatable bonds is 9. The van der Waals surface area contributed by atoms with Crippen LogP contribution >= 0.6 is 0 Å². The molecule has 1 fully saturated rings. The van der Waals surface area contributed by atoms with E-state index in [9.17, 15) is 19.5 Å². The van der Waals surface area contributed by atoms with Gasteiger partial charge in [0, 0.05) is 18.4 Å². The van der Waals surface area contributed by atoms with E-state index in [4.69, 9.17) is 4.74 Å². The van der Waals surface area contributed by atoms with Crippen molar-refractivity contribution in [2.75, 3.05) is 13.2 Å². The lowest BCUT2D eigenvalue weighted by Gasteiger charge is -2.30. The molecule has 0 unspecified atom stereocenters. The second kappa shape index (κ2) is 10.5. The van der Waals surface area contributed by atoms with Gasteiger partial charge in [-0.3, -0.25) is 4.79 Å². The number of carbonyl (C=O) groups excluding carboxylic acids is 2. The molecule has 3 N–H and O–H groups in total. The Hall–Kier alpha value is -3.35. The Morgan fingerprint density at radius 3 is 2.14 bits per heavy atom. The summed E-state index contributed by atoms with van der Waals surface area (Å²) >= 11 is 0. The Bertz CT molecular complexity index is 1050. The molecule has 0 spiro atoms. The van der Waals surface area contributed by atoms with Crippen LogP contribution in [0.5, 0.6) is 0 Å². The van der Waals surface area contributed by atoms with Crippen molar-refractivity contribution in [3.63, 3.8) is 0 Å². The highest BCUT2D eigenvalue weighted by Crippen LogP contribution is 2.44. The molecule has 7 nitrogen and oxygen atoms in total. The monoisotopic (exact) mass is 478 g/mol. The highest BCUT2D eigenvalue weighted by atomic mass is 16.5. The summed E-state index contributed by atoms with van der Waals surface area (Å²) in [5, 5.41) is 15.3. The second-order valence-corrected chi connectivity index (χ2v) is 9.59. The van der Waals surface area contributed by atoms with Gasteiger partial charge < -0.3 is 20.5 Å². The Morgan fingerprint density at radius 1 is 0.971 bits per heavy atom. The van der Waals surface area contributed by atoms with E-state index in [1.807, 2.05) is 24.3 Å². The van der Waals surface area contributed by atoms with E-state index in [0.717, 1.165) is 24.0 Å². The number of carboxylic acids is 1. The Kier molecular flexibility index (Phi) is 7.43. The Labute approximate surface area is 206 Å². The fourth-order valence-electron chi connectivity index (χ4n) is 5.60. The molecule has 2 aliphatic carbocycles. The average molecular weight is 479 g/mol. The number of carboxylic acid groups (broad SMARTS) is 1. The predicted molar refractivity (Wildman–Crippen MR) is 133 cm³/mol.